The van der Waals surface area contributed by atoms with E-state index in [-0.39, 0.29) is 31.8 Å². The van der Waals surface area contributed by atoms with Crippen LogP contribution in [-0.4, -0.2) is 29.8 Å². The molecule has 1 aliphatic heterocycles. The topological polar surface area (TPSA) is 33.5 Å². The zero-order chi connectivity index (χ0) is 23.9. The van der Waals surface area contributed by atoms with Crippen molar-refractivity contribution >= 4 is 16.9 Å². The van der Waals surface area contributed by atoms with Crippen LogP contribution in [0.3, 0.4) is 0 Å². The predicted octanol–water partition coefficient (Wildman–Crippen LogP) is 7.51. The fourth-order valence-corrected chi connectivity index (χ4v) is 4.60. The smallest absolute Gasteiger partial charge is 0.253 e. The molecule has 1 aliphatic rings. The van der Waals surface area contributed by atoms with Crippen LogP contribution in [0, 0.1) is 6.92 Å². The molecule has 0 saturated carbocycles. The van der Waals surface area contributed by atoms with E-state index in [0.29, 0.717) is 5.56 Å². The average Bonchev–Trinajstić information content (AvgIpc) is 3.26. The second kappa shape index (κ2) is 8.71. The minimum Gasteiger partial charge on any atom is -0.460 e. The molecule has 0 spiro atoms. The SMILES string of the molecule is CCc1cc2cc(-c3ccc(C(=O)N4CCC(F)(F)CC4)cc3)cc(-c3cccc(C)c3)c2o1. The largest absolute Gasteiger partial charge is 0.460 e. The second-order valence-electron chi connectivity index (χ2n) is 9.10. The molecule has 174 valence electrons. The Morgan fingerprint density at radius 2 is 1.68 bits per heavy atom. The van der Waals surface area contributed by atoms with Crippen LogP contribution in [0.1, 0.15) is 41.4 Å². The fraction of sp³-hybridized carbons (Fsp3) is 0.276. The van der Waals surface area contributed by atoms with Gasteiger partial charge in [0.05, 0.1) is 0 Å². The normalized spacial score (nSPS) is 15.6. The van der Waals surface area contributed by atoms with Crippen LogP contribution in [-0.2, 0) is 6.42 Å². The van der Waals surface area contributed by atoms with Crippen LogP contribution in [0.25, 0.3) is 33.2 Å². The Bertz CT molecular complexity index is 1340. The third-order valence-corrected chi connectivity index (χ3v) is 6.59. The lowest BCUT2D eigenvalue weighted by Crippen LogP contribution is -2.42. The van der Waals surface area contributed by atoms with Crippen molar-refractivity contribution in [2.24, 2.45) is 0 Å². The average molecular weight is 460 g/mol. The van der Waals surface area contributed by atoms with Gasteiger partial charge in [-0.1, -0.05) is 48.9 Å². The van der Waals surface area contributed by atoms with Gasteiger partial charge in [-0.25, -0.2) is 8.78 Å². The number of rotatable bonds is 4. The van der Waals surface area contributed by atoms with Gasteiger partial charge in [-0.2, -0.15) is 0 Å². The Morgan fingerprint density at radius 3 is 2.35 bits per heavy atom. The Kier molecular flexibility index (Phi) is 5.72. The number of halogens is 2. The molecule has 1 amide bonds. The number of hydrogen-bond acceptors (Lipinski definition) is 2. The maximum atomic E-state index is 13.5. The molecule has 0 aliphatic carbocycles. The number of likely N-dealkylation sites (tertiary alicyclic amines) is 1. The summed E-state index contributed by atoms with van der Waals surface area (Å²) >= 11 is 0. The van der Waals surface area contributed by atoms with Crippen molar-refractivity contribution in [2.75, 3.05) is 13.1 Å². The van der Waals surface area contributed by atoms with E-state index in [1.54, 1.807) is 12.1 Å². The molecular weight excluding hydrogens is 432 g/mol. The van der Waals surface area contributed by atoms with Crippen LogP contribution < -0.4 is 0 Å². The number of amides is 1. The summed E-state index contributed by atoms with van der Waals surface area (Å²) in [5, 5.41) is 1.04. The lowest BCUT2D eigenvalue weighted by Gasteiger charge is -2.31. The summed E-state index contributed by atoms with van der Waals surface area (Å²) in [7, 11) is 0. The van der Waals surface area contributed by atoms with Gasteiger partial charge in [0.15, 0.2) is 0 Å². The number of nitrogens with zero attached hydrogens (tertiary/aromatic N) is 1. The molecule has 34 heavy (non-hydrogen) atoms. The summed E-state index contributed by atoms with van der Waals surface area (Å²) in [6.45, 7) is 4.32. The first-order valence-corrected chi connectivity index (χ1v) is 11.7. The van der Waals surface area contributed by atoms with Gasteiger partial charge in [-0.05, 0) is 53.9 Å². The number of hydrogen-bond donors (Lipinski definition) is 0. The van der Waals surface area contributed by atoms with Gasteiger partial charge in [-0.3, -0.25) is 4.79 Å². The van der Waals surface area contributed by atoms with E-state index in [1.807, 2.05) is 18.2 Å². The van der Waals surface area contributed by atoms with E-state index in [1.165, 1.54) is 10.5 Å². The molecule has 0 unspecified atom stereocenters. The van der Waals surface area contributed by atoms with E-state index in [0.717, 1.165) is 45.4 Å². The first-order valence-electron chi connectivity index (χ1n) is 11.7. The molecule has 5 rings (SSSR count). The number of furan rings is 1. The lowest BCUT2D eigenvalue weighted by atomic mass is 9.95. The number of piperidine rings is 1. The molecule has 0 radical (unpaired) electrons. The molecule has 3 aromatic carbocycles. The van der Waals surface area contributed by atoms with E-state index in [4.69, 9.17) is 4.42 Å². The maximum Gasteiger partial charge on any atom is 0.253 e. The highest BCUT2D eigenvalue weighted by Crippen LogP contribution is 2.36. The van der Waals surface area contributed by atoms with Gasteiger partial charge in [-0.15, -0.1) is 0 Å². The van der Waals surface area contributed by atoms with Crippen LogP contribution in [0.2, 0.25) is 0 Å². The van der Waals surface area contributed by atoms with E-state index < -0.39 is 5.92 Å². The maximum absolute atomic E-state index is 13.5. The van der Waals surface area contributed by atoms with Gasteiger partial charge in [0, 0.05) is 48.9 Å². The third kappa shape index (κ3) is 4.35. The number of alkyl halides is 2. The molecule has 5 heteroatoms. The van der Waals surface area contributed by atoms with Crippen molar-refractivity contribution in [3.05, 3.63) is 83.6 Å². The van der Waals surface area contributed by atoms with Gasteiger partial charge < -0.3 is 9.32 Å². The second-order valence-corrected chi connectivity index (χ2v) is 9.10. The van der Waals surface area contributed by atoms with E-state index in [9.17, 15) is 13.6 Å². The van der Waals surface area contributed by atoms with Gasteiger partial charge in [0.2, 0.25) is 0 Å². The summed E-state index contributed by atoms with van der Waals surface area (Å²) in [5.74, 6) is -1.92. The molecule has 0 bridgehead atoms. The zero-order valence-electron chi connectivity index (χ0n) is 19.4. The quantitative estimate of drug-likeness (QED) is 0.316. The van der Waals surface area contributed by atoms with Crippen LogP contribution in [0.4, 0.5) is 8.78 Å². The van der Waals surface area contributed by atoms with Gasteiger partial charge in [0.1, 0.15) is 11.3 Å². The van der Waals surface area contributed by atoms with Crippen molar-refractivity contribution in [2.45, 2.75) is 39.0 Å². The van der Waals surface area contributed by atoms with E-state index in [2.05, 4.69) is 50.2 Å². The zero-order valence-corrected chi connectivity index (χ0v) is 19.4. The molecule has 0 N–H and O–H groups in total. The number of carbonyl (C=O) groups is 1. The highest BCUT2D eigenvalue weighted by atomic mass is 19.3. The van der Waals surface area contributed by atoms with Crippen molar-refractivity contribution in [3.8, 4) is 22.3 Å². The standard InChI is InChI=1S/C29H27F2NO2/c1-3-25-17-24-16-23(18-26(27(24)34-25)22-6-4-5-19(2)15-22)20-7-9-21(10-8-20)28(33)32-13-11-29(30,31)12-14-32/h4-10,15-18H,3,11-14H2,1-2H3. The summed E-state index contributed by atoms with van der Waals surface area (Å²) in [6.07, 6.45) is 0.266. The summed E-state index contributed by atoms with van der Waals surface area (Å²) in [6, 6.07) is 22.1. The first kappa shape index (κ1) is 22.3. The Hall–Kier alpha value is -3.47. The minimum absolute atomic E-state index is 0.0877. The summed E-state index contributed by atoms with van der Waals surface area (Å²) in [4.78, 5) is 14.3. The highest BCUT2D eigenvalue weighted by Gasteiger charge is 2.35. The van der Waals surface area contributed by atoms with Crippen molar-refractivity contribution in [1.29, 1.82) is 0 Å². The number of benzene rings is 3. The number of fused-ring (bicyclic) bond motifs is 1. The molecule has 1 aromatic heterocycles. The molecule has 2 heterocycles. The van der Waals surface area contributed by atoms with Crippen molar-refractivity contribution in [3.63, 3.8) is 0 Å². The van der Waals surface area contributed by atoms with Crippen LogP contribution >= 0.6 is 0 Å². The predicted molar refractivity (Wildman–Crippen MR) is 131 cm³/mol. The van der Waals surface area contributed by atoms with Crippen molar-refractivity contribution in [1.82, 2.24) is 4.90 Å². The lowest BCUT2D eigenvalue weighted by molar-refractivity contribution is -0.0494. The highest BCUT2D eigenvalue weighted by molar-refractivity contribution is 5.98. The van der Waals surface area contributed by atoms with Crippen LogP contribution in [0.5, 0.6) is 0 Å². The number of carbonyl (C=O) groups excluding carboxylic acids is 1. The van der Waals surface area contributed by atoms with Crippen molar-refractivity contribution < 1.29 is 18.0 Å². The first-order chi connectivity index (χ1) is 16.3. The molecule has 4 aromatic rings. The molecule has 3 nitrogen and oxygen atoms in total. The van der Waals surface area contributed by atoms with E-state index >= 15 is 0 Å². The molecular formula is C29H27F2NO2. The third-order valence-electron chi connectivity index (χ3n) is 6.59. The number of aryl methyl sites for hydroxylation is 2. The van der Waals surface area contributed by atoms with Gasteiger partial charge in [0.25, 0.3) is 11.8 Å². The Morgan fingerprint density at radius 1 is 0.941 bits per heavy atom. The Labute approximate surface area is 198 Å². The molecule has 1 fully saturated rings. The van der Waals surface area contributed by atoms with Gasteiger partial charge >= 0.3 is 0 Å². The molecule has 0 atom stereocenters. The van der Waals surface area contributed by atoms with Crippen LogP contribution in [0.15, 0.2) is 71.1 Å². The molecule has 1 saturated heterocycles. The Balaban J connectivity index is 1.49. The fourth-order valence-electron chi connectivity index (χ4n) is 4.60. The summed E-state index contributed by atoms with van der Waals surface area (Å²) < 4.78 is 33.1. The minimum atomic E-state index is -2.67. The monoisotopic (exact) mass is 459 g/mol. The summed E-state index contributed by atoms with van der Waals surface area (Å²) in [5.41, 5.74) is 6.71.